The van der Waals surface area contributed by atoms with Crippen LogP contribution in [0.1, 0.15) is 22.0 Å². The highest BCUT2D eigenvalue weighted by Crippen LogP contribution is 2.36. The molecule has 0 saturated carbocycles. The van der Waals surface area contributed by atoms with E-state index >= 15 is 0 Å². The summed E-state index contributed by atoms with van der Waals surface area (Å²) in [4.78, 5) is 3.58. The zero-order chi connectivity index (χ0) is 14.8. The Morgan fingerprint density at radius 2 is 2.00 bits per heavy atom. The van der Waals surface area contributed by atoms with E-state index in [1.54, 1.807) is 17.4 Å². The molecule has 5 heteroatoms. The number of nitrogens with zero attached hydrogens (tertiary/aromatic N) is 1. The van der Waals surface area contributed by atoms with E-state index in [4.69, 9.17) is 11.6 Å². The minimum atomic E-state index is -0.182. The summed E-state index contributed by atoms with van der Waals surface area (Å²) in [7, 11) is 0. The quantitative estimate of drug-likeness (QED) is 0.922. The second-order valence-corrected chi connectivity index (χ2v) is 7.08. The van der Waals surface area contributed by atoms with E-state index in [1.807, 2.05) is 19.1 Å². The molecular weight excluding hydrogens is 307 g/mol. The highest BCUT2D eigenvalue weighted by atomic mass is 35.5. The van der Waals surface area contributed by atoms with E-state index in [2.05, 4.69) is 16.3 Å². The van der Waals surface area contributed by atoms with Crippen molar-refractivity contribution in [2.24, 2.45) is 0 Å². The Balaban J connectivity index is 2.04. The zero-order valence-corrected chi connectivity index (χ0v) is 13.5. The first-order valence-electron chi connectivity index (χ1n) is 7.11. The van der Waals surface area contributed by atoms with Crippen LogP contribution >= 0.6 is 22.9 Å². The number of aryl methyl sites for hydroxylation is 1. The molecule has 0 spiro atoms. The molecule has 0 unspecified atom stereocenters. The minimum Gasteiger partial charge on any atom is -0.314 e. The summed E-state index contributed by atoms with van der Waals surface area (Å²) in [6.45, 7) is 5.87. The number of thiophene rings is 1. The standard InChI is InChI=1S/C16H18ClFN2S/c1-11-2-3-12(18)10-13(11)16(14-4-5-15(17)21-14)20-8-6-19-7-9-20/h2-5,10,16,19H,6-9H2,1H3/t16-/m1/s1. The zero-order valence-electron chi connectivity index (χ0n) is 11.9. The molecule has 1 aromatic heterocycles. The van der Waals surface area contributed by atoms with Gasteiger partial charge in [0.1, 0.15) is 5.82 Å². The van der Waals surface area contributed by atoms with Gasteiger partial charge in [0, 0.05) is 31.1 Å². The highest BCUT2D eigenvalue weighted by Gasteiger charge is 2.26. The molecule has 0 bridgehead atoms. The van der Waals surface area contributed by atoms with Gasteiger partial charge in [-0.3, -0.25) is 4.90 Å². The lowest BCUT2D eigenvalue weighted by molar-refractivity contribution is 0.200. The molecule has 1 aliphatic heterocycles. The van der Waals surface area contributed by atoms with Crippen LogP contribution in [-0.4, -0.2) is 31.1 Å². The van der Waals surface area contributed by atoms with Gasteiger partial charge in [-0.05, 0) is 42.3 Å². The molecule has 1 atom stereocenters. The van der Waals surface area contributed by atoms with Gasteiger partial charge in [0.15, 0.2) is 0 Å². The van der Waals surface area contributed by atoms with Gasteiger partial charge in [-0.25, -0.2) is 4.39 Å². The third-order valence-corrected chi connectivity index (χ3v) is 5.20. The lowest BCUT2D eigenvalue weighted by Crippen LogP contribution is -2.45. The first kappa shape index (κ1) is 15.0. The Morgan fingerprint density at radius 3 is 2.67 bits per heavy atom. The van der Waals surface area contributed by atoms with Crippen LogP contribution in [-0.2, 0) is 0 Å². The second kappa shape index (κ2) is 6.44. The lowest BCUT2D eigenvalue weighted by atomic mass is 9.98. The summed E-state index contributed by atoms with van der Waals surface area (Å²) in [6, 6.07) is 9.11. The van der Waals surface area contributed by atoms with E-state index in [0.29, 0.717) is 0 Å². The first-order chi connectivity index (χ1) is 10.1. The van der Waals surface area contributed by atoms with Crippen LogP contribution in [0.4, 0.5) is 4.39 Å². The van der Waals surface area contributed by atoms with Crippen molar-refractivity contribution in [3.8, 4) is 0 Å². The Labute approximate surface area is 133 Å². The van der Waals surface area contributed by atoms with Crippen molar-refractivity contribution in [2.45, 2.75) is 13.0 Å². The van der Waals surface area contributed by atoms with Crippen molar-refractivity contribution in [3.63, 3.8) is 0 Å². The molecule has 1 N–H and O–H groups in total. The molecule has 3 rings (SSSR count). The molecule has 1 aromatic carbocycles. The van der Waals surface area contributed by atoms with Gasteiger partial charge in [-0.2, -0.15) is 0 Å². The Kier molecular flexibility index (Phi) is 4.60. The molecule has 0 radical (unpaired) electrons. The summed E-state index contributed by atoms with van der Waals surface area (Å²) in [5.41, 5.74) is 2.15. The van der Waals surface area contributed by atoms with Gasteiger partial charge in [-0.15, -0.1) is 11.3 Å². The normalized spacial score (nSPS) is 17.9. The van der Waals surface area contributed by atoms with Crippen molar-refractivity contribution < 1.29 is 4.39 Å². The first-order valence-corrected chi connectivity index (χ1v) is 8.30. The Morgan fingerprint density at radius 1 is 1.24 bits per heavy atom. The largest absolute Gasteiger partial charge is 0.314 e. The maximum atomic E-state index is 13.7. The molecular formula is C16H18ClFN2S. The average molecular weight is 325 g/mol. The van der Waals surface area contributed by atoms with Gasteiger partial charge in [0.2, 0.25) is 0 Å². The van der Waals surface area contributed by atoms with Crippen molar-refractivity contribution >= 4 is 22.9 Å². The van der Waals surface area contributed by atoms with Crippen LogP contribution in [0.3, 0.4) is 0 Å². The van der Waals surface area contributed by atoms with Gasteiger partial charge < -0.3 is 5.32 Å². The molecule has 2 heterocycles. The van der Waals surface area contributed by atoms with E-state index in [0.717, 1.165) is 41.6 Å². The summed E-state index contributed by atoms with van der Waals surface area (Å²) < 4.78 is 14.5. The highest BCUT2D eigenvalue weighted by molar-refractivity contribution is 7.16. The number of benzene rings is 1. The van der Waals surface area contributed by atoms with Crippen molar-refractivity contribution in [3.05, 3.63) is 56.5 Å². The number of halogens is 2. The van der Waals surface area contributed by atoms with Crippen LogP contribution in [0.15, 0.2) is 30.3 Å². The maximum Gasteiger partial charge on any atom is 0.123 e. The molecule has 1 saturated heterocycles. The van der Waals surface area contributed by atoms with Gasteiger partial charge >= 0.3 is 0 Å². The van der Waals surface area contributed by atoms with Crippen LogP contribution in [0, 0.1) is 12.7 Å². The molecule has 2 nitrogen and oxygen atoms in total. The number of hydrogen-bond acceptors (Lipinski definition) is 3. The second-order valence-electron chi connectivity index (χ2n) is 5.33. The number of nitrogens with one attached hydrogen (secondary N) is 1. The predicted octanol–water partition coefficient (Wildman–Crippen LogP) is 3.84. The third kappa shape index (κ3) is 3.29. The van der Waals surface area contributed by atoms with Crippen LogP contribution in [0.25, 0.3) is 0 Å². The van der Waals surface area contributed by atoms with Crippen molar-refractivity contribution in [1.29, 1.82) is 0 Å². The fraction of sp³-hybridized carbons (Fsp3) is 0.375. The maximum absolute atomic E-state index is 13.7. The van der Waals surface area contributed by atoms with Gasteiger partial charge in [0.05, 0.1) is 10.4 Å². The monoisotopic (exact) mass is 324 g/mol. The molecule has 112 valence electrons. The fourth-order valence-electron chi connectivity index (χ4n) is 2.85. The van der Waals surface area contributed by atoms with Gasteiger partial charge in [0.25, 0.3) is 0 Å². The van der Waals surface area contributed by atoms with Crippen molar-refractivity contribution in [1.82, 2.24) is 10.2 Å². The van der Waals surface area contributed by atoms with Crippen LogP contribution in [0.2, 0.25) is 4.34 Å². The lowest BCUT2D eigenvalue weighted by Gasteiger charge is -2.35. The molecule has 21 heavy (non-hydrogen) atoms. The molecule has 0 aliphatic carbocycles. The Bertz CT molecular complexity index is 622. The predicted molar refractivity (Wildman–Crippen MR) is 86.8 cm³/mol. The summed E-state index contributed by atoms with van der Waals surface area (Å²) in [6.07, 6.45) is 0. The summed E-state index contributed by atoms with van der Waals surface area (Å²) >= 11 is 7.70. The molecule has 1 aliphatic rings. The van der Waals surface area contributed by atoms with Crippen molar-refractivity contribution in [2.75, 3.05) is 26.2 Å². The number of piperazine rings is 1. The molecule has 2 aromatic rings. The van der Waals surface area contributed by atoms with Crippen LogP contribution in [0.5, 0.6) is 0 Å². The summed E-state index contributed by atoms with van der Waals surface area (Å²) in [5.74, 6) is -0.182. The van der Waals surface area contributed by atoms with E-state index in [-0.39, 0.29) is 11.9 Å². The van der Waals surface area contributed by atoms with Gasteiger partial charge in [-0.1, -0.05) is 17.7 Å². The number of rotatable bonds is 3. The topological polar surface area (TPSA) is 15.3 Å². The van der Waals surface area contributed by atoms with E-state index < -0.39 is 0 Å². The molecule has 0 amide bonds. The van der Waals surface area contributed by atoms with E-state index in [1.165, 1.54) is 10.9 Å². The third-order valence-electron chi connectivity index (χ3n) is 3.92. The SMILES string of the molecule is Cc1ccc(F)cc1[C@H](c1ccc(Cl)s1)N1CCNCC1. The average Bonchev–Trinajstić information content (AvgIpc) is 2.90. The smallest absolute Gasteiger partial charge is 0.123 e. The summed E-state index contributed by atoms with van der Waals surface area (Å²) in [5, 5.41) is 3.37. The minimum absolute atomic E-state index is 0.0836. The molecule has 1 fully saturated rings. The van der Waals surface area contributed by atoms with E-state index in [9.17, 15) is 4.39 Å². The fourth-order valence-corrected chi connectivity index (χ4v) is 4.07. The van der Waals surface area contributed by atoms with Crippen LogP contribution < -0.4 is 5.32 Å². The number of hydrogen-bond donors (Lipinski definition) is 1. The Hall–Kier alpha value is -0.940.